The Hall–Kier alpha value is -1.38. The lowest BCUT2D eigenvalue weighted by Crippen LogP contribution is -1.92. The van der Waals surface area contributed by atoms with Crippen molar-refractivity contribution in [3.63, 3.8) is 0 Å². The lowest BCUT2D eigenvalue weighted by Gasteiger charge is -2.06. The number of hydrogen-bond acceptors (Lipinski definition) is 3. The summed E-state index contributed by atoms with van der Waals surface area (Å²) in [5.74, 6) is 1.26. The monoisotopic (exact) mass is 168 g/mol. The molecule has 0 fully saturated rings. The number of phenolic OH excluding ortho intramolecular Hbond substituents is 1. The van der Waals surface area contributed by atoms with E-state index in [2.05, 4.69) is 0 Å². The maximum atomic E-state index is 9.22. The summed E-state index contributed by atoms with van der Waals surface area (Å²) in [5.41, 5.74) is 0. The highest BCUT2D eigenvalue weighted by Gasteiger charge is 2.01. The average Bonchev–Trinajstić information content (AvgIpc) is 2.09. The van der Waals surface area contributed by atoms with Crippen LogP contribution in [0.15, 0.2) is 18.2 Å². The minimum absolute atomic E-state index is 0.126. The summed E-state index contributed by atoms with van der Waals surface area (Å²) in [7, 11) is 1.50. The molecule has 0 bridgehead atoms. The van der Waals surface area contributed by atoms with Crippen LogP contribution in [0.2, 0.25) is 0 Å². The van der Waals surface area contributed by atoms with Crippen molar-refractivity contribution in [2.24, 2.45) is 0 Å². The van der Waals surface area contributed by atoms with Crippen LogP contribution in [0.5, 0.6) is 17.2 Å². The van der Waals surface area contributed by atoms with Crippen LogP contribution >= 0.6 is 0 Å². The highest BCUT2D eigenvalue weighted by atomic mass is 16.5. The lowest BCUT2D eigenvalue weighted by atomic mass is 10.3. The van der Waals surface area contributed by atoms with Crippen LogP contribution in [0.1, 0.15) is 6.92 Å². The molecule has 0 unspecified atom stereocenters. The fourth-order valence-electron chi connectivity index (χ4n) is 0.914. The quantitative estimate of drug-likeness (QED) is 0.747. The highest BCUT2D eigenvalue weighted by molar-refractivity contribution is 5.44. The van der Waals surface area contributed by atoms with E-state index in [0.29, 0.717) is 18.1 Å². The summed E-state index contributed by atoms with van der Waals surface area (Å²) in [6, 6.07) is 4.89. The van der Waals surface area contributed by atoms with Gasteiger partial charge in [0.15, 0.2) is 11.5 Å². The maximum absolute atomic E-state index is 9.22. The number of hydrogen-bond donors (Lipinski definition) is 1. The van der Waals surface area contributed by atoms with Gasteiger partial charge in [-0.2, -0.15) is 0 Å². The molecule has 0 aliphatic heterocycles. The topological polar surface area (TPSA) is 38.7 Å². The zero-order valence-corrected chi connectivity index (χ0v) is 7.20. The van der Waals surface area contributed by atoms with E-state index in [0.717, 1.165) is 0 Å². The van der Waals surface area contributed by atoms with E-state index in [9.17, 15) is 5.11 Å². The van der Waals surface area contributed by atoms with Crippen LogP contribution in [-0.4, -0.2) is 18.8 Å². The van der Waals surface area contributed by atoms with Crippen molar-refractivity contribution in [1.29, 1.82) is 0 Å². The molecule has 1 aromatic carbocycles. The van der Waals surface area contributed by atoms with Crippen LogP contribution < -0.4 is 9.47 Å². The number of aromatic hydroxyl groups is 1. The SMILES string of the molecule is CCOc1ccc(O)c(OC)c1. The van der Waals surface area contributed by atoms with E-state index in [1.165, 1.54) is 7.11 Å². The third kappa shape index (κ3) is 1.81. The zero-order chi connectivity index (χ0) is 8.97. The maximum Gasteiger partial charge on any atom is 0.164 e. The molecule has 1 rings (SSSR count). The molecule has 66 valence electrons. The van der Waals surface area contributed by atoms with Crippen molar-refractivity contribution in [3.05, 3.63) is 18.2 Å². The smallest absolute Gasteiger partial charge is 0.164 e. The minimum atomic E-state index is 0.126. The summed E-state index contributed by atoms with van der Waals surface area (Å²) >= 11 is 0. The van der Waals surface area contributed by atoms with Gasteiger partial charge >= 0.3 is 0 Å². The molecule has 1 aromatic rings. The molecule has 3 heteroatoms. The lowest BCUT2D eigenvalue weighted by molar-refractivity contribution is 0.331. The van der Waals surface area contributed by atoms with Gasteiger partial charge in [-0.25, -0.2) is 0 Å². The molecule has 0 saturated heterocycles. The number of benzene rings is 1. The van der Waals surface area contributed by atoms with Crippen LogP contribution in [-0.2, 0) is 0 Å². The average molecular weight is 168 g/mol. The molecule has 0 amide bonds. The molecule has 0 atom stereocenters. The fraction of sp³-hybridized carbons (Fsp3) is 0.333. The second-order valence-electron chi connectivity index (χ2n) is 2.27. The summed E-state index contributed by atoms with van der Waals surface area (Å²) in [6.45, 7) is 2.51. The minimum Gasteiger partial charge on any atom is -0.504 e. The molecular weight excluding hydrogens is 156 g/mol. The molecule has 0 aromatic heterocycles. The summed E-state index contributed by atoms with van der Waals surface area (Å²) < 4.78 is 10.1. The van der Waals surface area contributed by atoms with Crippen molar-refractivity contribution in [3.8, 4) is 17.2 Å². The molecule has 0 radical (unpaired) electrons. The van der Waals surface area contributed by atoms with E-state index >= 15 is 0 Å². The van der Waals surface area contributed by atoms with Crippen molar-refractivity contribution >= 4 is 0 Å². The van der Waals surface area contributed by atoms with Crippen LogP contribution in [0.3, 0.4) is 0 Å². The molecule has 0 aliphatic carbocycles. The van der Waals surface area contributed by atoms with Gasteiger partial charge in [-0.05, 0) is 19.1 Å². The Labute approximate surface area is 71.5 Å². The van der Waals surface area contributed by atoms with E-state index in [1.807, 2.05) is 6.92 Å². The molecule has 12 heavy (non-hydrogen) atoms. The van der Waals surface area contributed by atoms with Crippen molar-refractivity contribution < 1.29 is 14.6 Å². The Kier molecular flexibility index (Phi) is 2.80. The molecule has 0 saturated carbocycles. The molecule has 1 N–H and O–H groups in total. The van der Waals surface area contributed by atoms with Gasteiger partial charge in [0, 0.05) is 6.07 Å². The first kappa shape index (κ1) is 8.71. The first-order valence-corrected chi connectivity index (χ1v) is 3.77. The van der Waals surface area contributed by atoms with Crippen molar-refractivity contribution in [1.82, 2.24) is 0 Å². The number of phenols is 1. The van der Waals surface area contributed by atoms with Crippen molar-refractivity contribution in [2.75, 3.05) is 13.7 Å². The van der Waals surface area contributed by atoms with Gasteiger partial charge in [0.2, 0.25) is 0 Å². The Morgan fingerprint density at radius 3 is 2.75 bits per heavy atom. The van der Waals surface area contributed by atoms with E-state index in [-0.39, 0.29) is 5.75 Å². The molecule has 0 spiro atoms. The van der Waals surface area contributed by atoms with Crippen LogP contribution in [0, 0.1) is 0 Å². The summed E-state index contributed by atoms with van der Waals surface area (Å²) in [4.78, 5) is 0. The second-order valence-corrected chi connectivity index (χ2v) is 2.27. The third-order valence-corrected chi connectivity index (χ3v) is 1.46. The standard InChI is InChI=1S/C9H12O3/c1-3-12-7-4-5-8(10)9(6-7)11-2/h4-6,10H,3H2,1-2H3. The third-order valence-electron chi connectivity index (χ3n) is 1.46. The van der Waals surface area contributed by atoms with Gasteiger partial charge < -0.3 is 14.6 Å². The van der Waals surface area contributed by atoms with Crippen LogP contribution in [0.25, 0.3) is 0 Å². The van der Waals surface area contributed by atoms with Crippen LogP contribution in [0.4, 0.5) is 0 Å². The molecular formula is C9H12O3. The second kappa shape index (κ2) is 3.85. The number of rotatable bonds is 3. The van der Waals surface area contributed by atoms with E-state index < -0.39 is 0 Å². The zero-order valence-electron chi connectivity index (χ0n) is 7.20. The summed E-state index contributed by atoms with van der Waals surface area (Å²) in [6.07, 6.45) is 0. The summed E-state index contributed by atoms with van der Waals surface area (Å²) in [5, 5.41) is 9.22. The Bertz CT molecular complexity index is 258. The van der Waals surface area contributed by atoms with Gasteiger partial charge in [0.25, 0.3) is 0 Å². The van der Waals surface area contributed by atoms with Gasteiger partial charge in [0.05, 0.1) is 13.7 Å². The van der Waals surface area contributed by atoms with Gasteiger partial charge in [-0.15, -0.1) is 0 Å². The van der Waals surface area contributed by atoms with Gasteiger partial charge in [-0.3, -0.25) is 0 Å². The molecule has 0 heterocycles. The van der Waals surface area contributed by atoms with E-state index in [1.54, 1.807) is 18.2 Å². The predicted octanol–water partition coefficient (Wildman–Crippen LogP) is 1.80. The fourth-order valence-corrected chi connectivity index (χ4v) is 0.914. The highest BCUT2D eigenvalue weighted by Crippen LogP contribution is 2.29. The first-order valence-electron chi connectivity index (χ1n) is 3.77. The number of ether oxygens (including phenoxy) is 2. The van der Waals surface area contributed by atoms with Gasteiger partial charge in [-0.1, -0.05) is 0 Å². The first-order chi connectivity index (χ1) is 5.77. The normalized spacial score (nSPS) is 9.50. The largest absolute Gasteiger partial charge is 0.504 e. The molecule has 0 aliphatic rings. The molecule has 3 nitrogen and oxygen atoms in total. The van der Waals surface area contributed by atoms with E-state index in [4.69, 9.17) is 9.47 Å². The Morgan fingerprint density at radius 2 is 2.17 bits per heavy atom. The number of methoxy groups -OCH3 is 1. The predicted molar refractivity (Wildman–Crippen MR) is 45.8 cm³/mol. The van der Waals surface area contributed by atoms with Gasteiger partial charge in [0.1, 0.15) is 5.75 Å². The van der Waals surface area contributed by atoms with Crippen molar-refractivity contribution in [2.45, 2.75) is 6.92 Å². The Balaban J connectivity index is 2.89. The Morgan fingerprint density at radius 1 is 1.42 bits per heavy atom.